The Kier molecular flexibility index (Phi) is 6.22. The quantitative estimate of drug-likeness (QED) is 0.553. The van der Waals surface area contributed by atoms with E-state index < -0.39 is 35.5 Å². The van der Waals surface area contributed by atoms with Gasteiger partial charge in [0.25, 0.3) is 0 Å². The van der Waals surface area contributed by atoms with E-state index in [-0.39, 0.29) is 6.04 Å². The first kappa shape index (κ1) is 21.6. The zero-order valence-electron chi connectivity index (χ0n) is 15.9. The number of carboxylic acids is 1. The SMILES string of the molecule is COC(=O)/C=C/C(=O)O[C@@]12CC[C@H](C[C@@H](c3ccc(Cl)c(Cl)c3)[C@@H]1C(=O)O)N2C. The first-order valence-electron chi connectivity index (χ1n) is 9.09. The van der Waals surface area contributed by atoms with E-state index >= 15 is 0 Å². The van der Waals surface area contributed by atoms with Crippen LogP contribution in [0.25, 0.3) is 0 Å². The van der Waals surface area contributed by atoms with Crippen LogP contribution in [0.4, 0.5) is 0 Å². The minimum absolute atomic E-state index is 0.0439. The Labute approximate surface area is 178 Å². The number of nitrogens with zero attached hydrogens (tertiary/aromatic N) is 1. The van der Waals surface area contributed by atoms with E-state index in [1.54, 1.807) is 25.2 Å². The lowest BCUT2D eigenvalue weighted by atomic mass is 9.74. The van der Waals surface area contributed by atoms with E-state index in [0.29, 0.717) is 29.3 Å². The number of hydrogen-bond acceptors (Lipinski definition) is 6. The molecule has 2 fully saturated rings. The highest BCUT2D eigenvalue weighted by atomic mass is 35.5. The summed E-state index contributed by atoms with van der Waals surface area (Å²) in [5, 5.41) is 10.8. The van der Waals surface area contributed by atoms with Gasteiger partial charge < -0.3 is 14.6 Å². The van der Waals surface area contributed by atoms with Crippen LogP contribution in [0.3, 0.4) is 0 Å². The second-order valence-corrected chi connectivity index (χ2v) is 8.07. The Bertz CT molecular complexity index is 873. The number of hydrogen-bond donors (Lipinski definition) is 1. The Hall–Kier alpha value is -2.09. The van der Waals surface area contributed by atoms with Gasteiger partial charge in [-0.1, -0.05) is 29.3 Å². The van der Waals surface area contributed by atoms with Gasteiger partial charge in [0.05, 0.1) is 17.2 Å². The number of piperidine rings is 1. The molecular formula is C20H21Cl2NO6. The standard InChI is InChI=1S/C20H21Cl2NO6/c1-23-12-7-8-20(23,29-17(25)6-5-16(24)28-2)18(19(26)27)13(10-12)11-3-4-14(21)15(22)9-11/h3-6,9,12-13,18H,7-8,10H2,1-2H3,(H,26,27)/b6-5+/t12-,13+,18-,20+/m1/s1. The first-order chi connectivity index (χ1) is 13.7. The molecule has 7 nitrogen and oxygen atoms in total. The van der Waals surface area contributed by atoms with Gasteiger partial charge in [-0.25, -0.2) is 9.59 Å². The molecule has 2 heterocycles. The third-order valence-corrected chi connectivity index (χ3v) is 6.61. The van der Waals surface area contributed by atoms with Gasteiger partial charge in [-0.05, 0) is 37.6 Å². The van der Waals surface area contributed by atoms with Crippen LogP contribution in [0, 0.1) is 5.92 Å². The topological polar surface area (TPSA) is 93.1 Å². The maximum atomic E-state index is 12.4. The third-order valence-electron chi connectivity index (χ3n) is 5.87. The second kappa shape index (κ2) is 8.34. The van der Waals surface area contributed by atoms with Gasteiger partial charge in [-0.3, -0.25) is 9.69 Å². The Morgan fingerprint density at radius 3 is 2.52 bits per heavy atom. The van der Waals surface area contributed by atoms with Gasteiger partial charge in [-0.15, -0.1) is 0 Å². The smallest absolute Gasteiger partial charge is 0.332 e. The molecule has 1 aromatic rings. The summed E-state index contributed by atoms with van der Waals surface area (Å²) in [6.45, 7) is 0. The summed E-state index contributed by atoms with van der Waals surface area (Å²) < 4.78 is 10.2. The van der Waals surface area contributed by atoms with E-state index in [4.69, 9.17) is 27.9 Å². The number of methoxy groups -OCH3 is 1. The average Bonchev–Trinajstić information content (AvgIpc) is 2.87. The second-order valence-electron chi connectivity index (χ2n) is 7.26. The molecule has 4 atom stereocenters. The van der Waals surface area contributed by atoms with Crippen LogP contribution in [0.5, 0.6) is 0 Å². The van der Waals surface area contributed by atoms with Crippen LogP contribution < -0.4 is 0 Å². The lowest BCUT2D eigenvalue weighted by Crippen LogP contribution is -2.60. The molecule has 9 heteroatoms. The Morgan fingerprint density at radius 2 is 1.90 bits per heavy atom. The van der Waals surface area contributed by atoms with Crippen molar-refractivity contribution in [3.8, 4) is 0 Å². The van der Waals surface area contributed by atoms with Crippen molar-refractivity contribution in [3.63, 3.8) is 0 Å². The lowest BCUT2D eigenvalue weighted by molar-refractivity contribution is -0.205. The molecule has 0 aromatic heterocycles. The molecule has 2 aliphatic rings. The minimum atomic E-state index is -1.33. The number of carbonyl (C=O) groups is 3. The molecule has 2 saturated heterocycles. The molecule has 0 aliphatic carbocycles. The molecule has 0 radical (unpaired) electrons. The summed E-state index contributed by atoms with van der Waals surface area (Å²) in [4.78, 5) is 37.8. The minimum Gasteiger partial charge on any atom is -0.481 e. The van der Waals surface area contributed by atoms with Crippen LogP contribution in [-0.2, 0) is 23.9 Å². The summed E-state index contributed by atoms with van der Waals surface area (Å²) in [6, 6.07) is 5.10. The zero-order chi connectivity index (χ0) is 21.3. The highest BCUT2D eigenvalue weighted by Gasteiger charge is 2.62. The fraction of sp³-hybridized carbons (Fsp3) is 0.450. The lowest BCUT2D eigenvalue weighted by Gasteiger charge is -2.48. The average molecular weight is 442 g/mol. The van der Waals surface area contributed by atoms with Crippen LogP contribution in [-0.4, -0.2) is 53.8 Å². The van der Waals surface area contributed by atoms with Gasteiger partial charge in [0, 0.05) is 30.5 Å². The number of fused-ring (bicyclic) bond motifs is 2. The molecule has 156 valence electrons. The van der Waals surface area contributed by atoms with Crippen LogP contribution in [0.15, 0.2) is 30.4 Å². The number of carboxylic acid groups (broad SMARTS) is 1. The molecule has 0 spiro atoms. The van der Waals surface area contributed by atoms with E-state index in [9.17, 15) is 19.5 Å². The largest absolute Gasteiger partial charge is 0.481 e. The predicted molar refractivity (Wildman–Crippen MR) is 106 cm³/mol. The third kappa shape index (κ3) is 3.99. The van der Waals surface area contributed by atoms with Gasteiger partial charge in [0.15, 0.2) is 5.72 Å². The van der Waals surface area contributed by atoms with Gasteiger partial charge in [0.1, 0.15) is 5.92 Å². The highest BCUT2D eigenvalue weighted by Crippen LogP contribution is 2.53. The fourth-order valence-electron chi connectivity index (χ4n) is 4.48. The normalized spacial score (nSPS) is 29.0. The molecule has 1 aromatic carbocycles. The summed E-state index contributed by atoms with van der Waals surface area (Å²) in [5.74, 6) is -4.01. The number of halogens is 2. The Balaban J connectivity index is 1.98. The maximum absolute atomic E-state index is 12.4. The van der Waals surface area contributed by atoms with Crippen molar-refractivity contribution in [2.45, 2.75) is 36.9 Å². The van der Waals surface area contributed by atoms with Crippen LogP contribution in [0.1, 0.15) is 30.7 Å². The summed E-state index contributed by atoms with van der Waals surface area (Å²) >= 11 is 12.2. The number of ether oxygens (including phenoxy) is 2. The van der Waals surface area contributed by atoms with Crippen molar-refractivity contribution in [1.82, 2.24) is 4.90 Å². The molecule has 0 unspecified atom stereocenters. The highest BCUT2D eigenvalue weighted by molar-refractivity contribution is 6.42. The molecular weight excluding hydrogens is 421 g/mol. The van der Waals surface area contributed by atoms with Gasteiger partial charge >= 0.3 is 17.9 Å². The van der Waals surface area contributed by atoms with E-state index in [2.05, 4.69) is 4.74 Å². The predicted octanol–water partition coefficient (Wildman–Crippen LogP) is 3.24. The maximum Gasteiger partial charge on any atom is 0.332 e. The molecule has 0 saturated carbocycles. The van der Waals surface area contributed by atoms with Crippen molar-refractivity contribution in [2.75, 3.05) is 14.2 Å². The fourth-order valence-corrected chi connectivity index (χ4v) is 4.79. The molecule has 1 N–H and O–H groups in total. The van der Waals surface area contributed by atoms with Crippen molar-refractivity contribution < 1.29 is 29.0 Å². The summed E-state index contributed by atoms with van der Waals surface area (Å²) in [6.07, 6.45) is 3.54. The van der Waals surface area contributed by atoms with Crippen molar-refractivity contribution in [1.29, 1.82) is 0 Å². The van der Waals surface area contributed by atoms with Crippen LogP contribution in [0.2, 0.25) is 10.0 Å². The van der Waals surface area contributed by atoms with Crippen molar-refractivity contribution in [2.24, 2.45) is 5.92 Å². The van der Waals surface area contributed by atoms with Gasteiger partial charge in [-0.2, -0.15) is 0 Å². The summed E-state index contributed by atoms with van der Waals surface area (Å²) in [7, 11) is 2.95. The molecule has 0 amide bonds. The van der Waals surface area contributed by atoms with Gasteiger partial charge in [0.2, 0.25) is 0 Å². The van der Waals surface area contributed by atoms with E-state index in [1.807, 2.05) is 4.90 Å². The molecule has 2 bridgehead atoms. The Morgan fingerprint density at radius 1 is 1.21 bits per heavy atom. The molecule has 29 heavy (non-hydrogen) atoms. The molecule has 2 aliphatic heterocycles. The molecule has 3 rings (SSSR count). The van der Waals surface area contributed by atoms with E-state index in [0.717, 1.165) is 17.7 Å². The van der Waals surface area contributed by atoms with Crippen molar-refractivity contribution in [3.05, 3.63) is 46.0 Å². The number of benzene rings is 1. The first-order valence-corrected chi connectivity index (χ1v) is 9.85. The van der Waals surface area contributed by atoms with E-state index in [1.165, 1.54) is 7.11 Å². The zero-order valence-corrected chi connectivity index (χ0v) is 17.4. The number of esters is 2. The summed E-state index contributed by atoms with van der Waals surface area (Å²) in [5.41, 5.74) is -0.597. The monoisotopic (exact) mass is 441 g/mol. The number of rotatable bonds is 5. The van der Waals surface area contributed by atoms with Crippen molar-refractivity contribution >= 4 is 41.1 Å². The number of aliphatic carboxylic acids is 1. The van der Waals surface area contributed by atoms with Crippen LogP contribution >= 0.6 is 23.2 Å². The number of carbonyl (C=O) groups excluding carboxylic acids is 2.